The molecule has 0 spiro atoms. The van der Waals surface area contributed by atoms with E-state index in [-0.39, 0.29) is 36.8 Å². The predicted molar refractivity (Wildman–Crippen MR) is 123 cm³/mol. The minimum Gasteiger partial charge on any atom is -0.493 e. The van der Waals surface area contributed by atoms with E-state index in [2.05, 4.69) is 11.3 Å². The summed E-state index contributed by atoms with van der Waals surface area (Å²) in [5.74, 6) is -5.53. The van der Waals surface area contributed by atoms with Crippen LogP contribution in [0.2, 0.25) is 0 Å². The van der Waals surface area contributed by atoms with Gasteiger partial charge in [-0.15, -0.1) is 6.58 Å². The molecule has 1 aliphatic carbocycles. The molecule has 1 heterocycles. The third kappa shape index (κ3) is 6.79. The Bertz CT molecular complexity index is 1060. The van der Waals surface area contributed by atoms with Gasteiger partial charge in [0.1, 0.15) is 28.7 Å². The lowest BCUT2D eigenvalue weighted by molar-refractivity contribution is -0.224. The maximum atomic E-state index is 14.7. The fourth-order valence-corrected chi connectivity index (χ4v) is 4.57. The molecule has 4 nitrogen and oxygen atoms in total. The molecule has 0 unspecified atom stereocenters. The molecule has 2 aliphatic rings. The first-order valence-corrected chi connectivity index (χ1v) is 12.2. The molecule has 0 radical (unpaired) electrons. The zero-order chi connectivity index (χ0) is 27.5. The van der Waals surface area contributed by atoms with Gasteiger partial charge in [-0.2, -0.15) is 22.0 Å². The number of ether oxygens (including phenoxy) is 4. The van der Waals surface area contributed by atoms with Gasteiger partial charge in [0, 0.05) is 23.6 Å². The van der Waals surface area contributed by atoms with Crippen molar-refractivity contribution in [3.63, 3.8) is 0 Å². The lowest BCUT2D eigenvalue weighted by Gasteiger charge is -2.33. The molecule has 0 aromatic heterocycles. The van der Waals surface area contributed by atoms with E-state index in [1.165, 1.54) is 0 Å². The Labute approximate surface area is 215 Å². The Kier molecular flexibility index (Phi) is 8.56. The van der Waals surface area contributed by atoms with Gasteiger partial charge in [-0.05, 0) is 43.7 Å². The first-order chi connectivity index (χ1) is 18.0. The van der Waals surface area contributed by atoms with E-state index in [0.717, 1.165) is 5.56 Å². The molecule has 2 aromatic carbocycles. The van der Waals surface area contributed by atoms with Crippen LogP contribution in [0.5, 0.6) is 11.5 Å². The van der Waals surface area contributed by atoms with E-state index in [1.54, 1.807) is 18.2 Å². The summed E-state index contributed by atoms with van der Waals surface area (Å²) in [6.07, 6.45) is -6.90. The van der Waals surface area contributed by atoms with Crippen LogP contribution in [0.25, 0.3) is 0 Å². The Morgan fingerprint density at radius 2 is 1.45 bits per heavy atom. The summed E-state index contributed by atoms with van der Waals surface area (Å²) in [6.45, 7) is 5.09. The Morgan fingerprint density at radius 3 is 1.97 bits per heavy atom. The quantitative estimate of drug-likeness (QED) is 0.250. The lowest BCUT2D eigenvalue weighted by Crippen LogP contribution is -2.38. The standard InChI is InChI=1S/C27H27F7O4/c1-2-16-13-36-25(37-14-16)18-5-9-20(10-6-18)35-15-17-3-7-19(8-4-17)27(33,34)38-21-11-22(28)24(23(29)12-21)26(30,31)32/h2,5-6,9-12,16-17,19,25H,1,3-4,7-8,13-15H2. The fourth-order valence-electron chi connectivity index (χ4n) is 4.57. The molecule has 2 fully saturated rings. The second-order valence-corrected chi connectivity index (χ2v) is 9.52. The highest BCUT2D eigenvalue weighted by molar-refractivity contribution is 5.32. The van der Waals surface area contributed by atoms with E-state index in [4.69, 9.17) is 14.2 Å². The predicted octanol–water partition coefficient (Wildman–Crippen LogP) is 7.69. The van der Waals surface area contributed by atoms with Crippen molar-refractivity contribution in [3.8, 4) is 11.5 Å². The van der Waals surface area contributed by atoms with Crippen LogP contribution in [-0.2, 0) is 15.7 Å². The van der Waals surface area contributed by atoms with Crippen molar-refractivity contribution in [1.29, 1.82) is 0 Å². The highest BCUT2D eigenvalue weighted by atomic mass is 19.4. The molecular formula is C27H27F7O4. The first kappa shape index (κ1) is 28.2. The topological polar surface area (TPSA) is 36.9 Å². The summed E-state index contributed by atoms with van der Waals surface area (Å²) in [5, 5.41) is 0. The molecule has 1 saturated heterocycles. The Hall–Kier alpha value is -2.79. The molecule has 0 N–H and O–H groups in total. The van der Waals surface area contributed by atoms with Crippen molar-refractivity contribution in [2.45, 2.75) is 44.3 Å². The van der Waals surface area contributed by atoms with Crippen molar-refractivity contribution in [3.05, 3.63) is 71.8 Å². The first-order valence-electron chi connectivity index (χ1n) is 12.2. The van der Waals surface area contributed by atoms with Crippen LogP contribution < -0.4 is 9.47 Å². The van der Waals surface area contributed by atoms with Crippen molar-refractivity contribution in [2.75, 3.05) is 19.8 Å². The minimum atomic E-state index is -5.30. The second-order valence-electron chi connectivity index (χ2n) is 9.52. The number of alkyl halides is 5. The zero-order valence-corrected chi connectivity index (χ0v) is 20.3. The van der Waals surface area contributed by atoms with Crippen LogP contribution in [0.1, 0.15) is 43.1 Å². The van der Waals surface area contributed by atoms with Crippen LogP contribution in [-0.4, -0.2) is 25.9 Å². The van der Waals surface area contributed by atoms with Gasteiger partial charge in [0.2, 0.25) is 0 Å². The molecule has 0 atom stereocenters. The molecule has 1 aliphatic heterocycles. The van der Waals surface area contributed by atoms with Gasteiger partial charge in [0.25, 0.3) is 0 Å². The van der Waals surface area contributed by atoms with Gasteiger partial charge in [-0.25, -0.2) is 8.78 Å². The highest BCUT2D eigenvalue weighted by Gasteiger charge is 2.45. The summed E-state index contributed by atoms with van der Waals surface area (Å²) in [4.78, 5) is 0. The smallest absolute Gasteiger partial charge is 0.422 e. The Morgan fingerprint density at radius 1 is 0.868 bits per heavy atom. The third-order valence-electron chi connectivity index (χ3n) is 6.77. The van der Waals surface area contributed by atoms with Crippen LogP contribution in [0, 0.1) is 29.4 Å². The van der Waals surface area contributed by atoms with E-state index >= 15 is 0 Å². The van der Waals surface area contributed by atoms with Crippen molar-refractivity contribution >= 4 is 0 Å². The van der Waals surface area contributed by atoms with Crippen molar-refractivity contribution < 1.29 is 49.7 Å². The number of hydrogen-bond acceptors (Lipinski definition) is 4. The SMILES string of the molecule is C=CC1COC(c2ccc(OCC3CCC(C(F)(F)Oc4cc(F)c(C(F)(F)F)c(F)c4)CC3)cc2)OC1. The van der Waals surface area contributed by atoms with Crippen LogP contribution in [0.3, 0.4) is 0 Å². The lowest BCUT2D eigenvalue weighted by atomic mass is 9.81. The van der Waals surface area contributed by atoms with Gasteiger partial charge in [0.05, 0.1) is 25.7 Å². The highest BCUT2D eigenvalue weighted by Crippen LogP contribution is 2.42. The van der Waals surface area contributed by atoms with Crippen molar-refractivity contribution in [1.82, 2.24) is 0 Å². The molecule has 11 heteroatoms. The number of hydrogen-bond donors (Lipinski definition) is 0. The average molecular weight is 548 g/mol. The van der Waals surface area contributed by atoms with E-state index in [1.807, 2.05) is 12.1 Å². The maximum Gasteiger partial charge on any atom is 0.422 e. The summed E-state index contributed by atoms with van der Waals surface area (Å²) in [5.41, 5.74) is -1.31. The van der Waals surface area contributed by atoms with E-state index in [0.29, 0.717) is 38.4 Å². The zero-order valence-electron chi connectivity index (χ0n) is 20.3. The van der Waals surface area contributed by atoms with Crippen molar-refractivity contribution in [2.24, 2.45) is 17.8 Å². The summed E-state index contributed by atoms with van der Waals surface area (Å²) < 4.78 is 117. The monoisotopic (exact) mass is 548 g/mol. The minimum absolute atomic E-state index is 0.00327. The average Bonchev–Trinajstić information content (AvgIpc) is 2.86. The molecule has 208 valence electrons. The van der Waals surface area contributed by atoms with Crippen LogP contribution >= 0.6 is 0 Å². The fraction of sp³-hybridized carbons (Fsp3) is 0.481. The van der Waals surface area contributed by atoms with Gasteiger partial charge >= 0.3 is 12.3 Å². The van der Waals surface area contributed by atoms with Gasteiger partial charge in [0.15, 0.2) is 6.29 Å². The molecule has 38 heavy (non-hydrogen) atoms. The van der Waals surface area contributed by atoms with Gasteiger partial charge in [-0.1, -0.05) is 18.2 Å². The summed E-state index contributed by atoms with van der Waals surface area (Å²) in [6, 6.07) is 7.45. The molecular weight excluding hydrogens is 521 g/mol. The maximum absolute atomic E-state index is 14.7. The van der Waals surface area contributed by atoms with Gasteiger partial charge < -0.3 is 18.9 Å². The molecule has 4 rings (SSSR count). The number of halogens is 7. The van der Waals surface area contributed by atoms with Gasteiger partial charge in [-0.3, -0.25) is 0 Å². The molecule has 1 saturated carbocycles. The van der Waals surface area contributed by atoms with Crippen LogP contribution in [0.15, 0.2) is 49.1 Å². The van der Waals surface area contributed by atoms with E-state index < -0.39 is 47.4 Å². The largest absolute Gasteiger partial charge is 0.493 e. The molecule has 0 bridgehead atoms. The second kappa shape index (κ2) is 11.5. The summed E-state index contributed by atoms with van der Waals surface area (Å²) in [7, 11) is 0. The summed E-state index contributed by atoms with van der Waals surface area (Å²) >= 11 is 0. The number of rotatable bonds is 8. The van der Waals surface area contributed by atoms with E-state index in [9.17, 15) is 30.7 Å². The third-order valence-corrected chi connectivity index (χ3v) is 6.77. The number of benzene rings is 2. The molecule has 0 amide bonds. The normalized spacial score (nSPS) is 24.6. The van der Waals surface area contributed by atoms with Crippen LogP contribution in [0.4, 0.5) is 30.7 Å². The Balaban J connectivity index is 1.25. The molecule has 2 aromatic rings.